The van der Waals surface area contributed by atoms with Gasteiger partial charge < -0.3 is 14.7 Å². The van der Waals surface area contributed by atoms with Crippen LogP contribution < -0.4 is 9.64 Å². The molecule has 1 aliphatic heterocycles. The maximum absolute atomic E-state index is 11.7. The Morgan fingerprint density at radius 3 is 2.68 bits per heavy atom. The molecule has 4 heteroatoms. The van der Waals surface area contributed by atoms with Gasteiger partial charge >= 0.3 is 0 Å². The van der Waals surface area contributed by atoms with E-state index in [2.05, 4.69) is 0 Å². The van der Waals surface area contributed by atoms with Gasteiger partial charge in [0.15, 0.2) is 0 Å². The molecular weight excluding hydrogens is 242 g/mol. The molecule has 0 aliphatic carbocycles. The first-order chi connectivity index (χ1) is 8.87. The molecule has 0 atom stereocenters. The highest BCUT2D eigenvalue weighted by atomic mass is 16.5. The van der Waals surface area contributed by atoms with Gasteiger partial charge in [-0.3, -0.25) is 4.79 Å². The second-order valence-corrected chi connectivity index (χ2v) is 5.70. The highest BCUT2D eigenvalue weighted by Crippen LogP contribution is 2.27. The maximum Gasteiger partial charge on any atom is 0.227 e. The van der Waals surface area contributed by atoms with E-state index in [0.29, 0.717) is 6.42 Å². The fraction of sp³-hybridized carbons (Fsp3) is 0.533. The minimum atomic E-state index is -0.851. The van der Waals surface area contributed by atoms with E-state index in [0.717, 1.165) is 30.0 Å². The number of anilines is 1. The van der Waals surface area contributed by atoms with Crippen molar-refractivity contribution in [3.63, 3.8) is 0 Å². The van der Waals surface area contributed by atoms with Gasteiger partial charge in [-0.15, -0.1) is 0 Å². The van der Waals surface area contributed by atoms with Gasteiger partial charge in [-0.25, -0.2) is 0 Å². The number of nitrogens with zero attached hydrogens (tertiary/aromatic N) is 1. The minimum Gasteiger partial charge on any atom is -0.490 e. The van der Waals surface area contributed by atoms with Gasteiger partial charge in [0.1, 0.15) is 12.4 Å². The highest BCUT2D eigenvalue weighted by molar-refractivity contribution is 5.95. The van der Waals surface area contributed by atoms with Crippen molar-refractivity contribution < 1.29 is 14.6 Å². The van der Waals surface area contributed by atoms with E-state index in [4.69, 9.17) is 4.74 Å². The SMILES string of the molecule is Cc1cc(N2CCCC2=O)ccc1OCC(C)(C)O. The molecule has 4 nitrogen and oxygen atoms in total. The molecule has 0 saturated carbocycles. The lowest BCUT2D eigenvalue weighted by Gasteiger charge is -2.21. The van der Waals surface area contributed by atoms with E-state index >= 15 is 0 Å². The largest absolute Gasteiger partial charge is 0.490 e. The van der Waals surface area contributed by atoms with E-state index < -0.39 is 5.60 Å². The quantitative estimate of drug-likeness (QED) is 0.906. The Morgan fingerprint density at radius 2 is 2.16 bits per heavy atom. The molecule has 1 amide bonds. The number of carbonyl (C=O) groups excluding carboxylic acids is 1. The van der Waals surface area contributed by atoms with Crippen LogP contribution in [0.25, 0.3) is 0 Å². The molecule has 1 aliphatic rings. The average molecular weight is 263 g/mol. The molecule has 1 heterocycles. The first kappa shape index (κ1) is 13.9. The van der Waals surface area contributed by atoms with Crippen LogP contribution in [0.4, 0.5) is 5.69 Å². The zero-order valence-electron chi connectivity index (χ0n) is 11.8. The number of aryl methyl sites for hydroxylation is 1. The summed E-state index contributed by atoms with van der Waals surface area (Å²) in [6.07, 6.45) is 1.56. The van der Waals surface area contributed by atoms with Crippen LogP contribution in [-0.4, -0.2) is 29.8 Å². The molecule has 0 unspecified atom stereocenters. The van der Waals surface area contributed by atoms with Crippen molar-refractivity contribution in [1.29, 1.82) is 0 Å². The Bertz CT molecular complexity index is 477. The molecule has 0 aromatic heterocycles. The van der Waals surface area contributed by atoms with E-state index in [-0.39, 0.29) is 12.5 Å². The van der Waals surface area contributed by atoms with Crippen molar-refractivity contribution in [2.75, 3.05) is 18.1 Å². The Kier molecular flexibility index (Phi) is 3.80. The van der Waals surface area contributed by atoms with Crippen LogP contribution in [0.5, 0.6) is 5.75 Å². The third-order valence-corrected chi connectivity index (χ3v) is 3.12. The number of amides is 1. The third-order valence-electron chi connectivity index (χ3n) is 3.12. The summed E-state index contributed by atoms with van der Waals surface area (Å²) in [6, 6.07) is 5.72. The smallest absolute Gasteiger partial charge is 0.227 e. The summed E-state index contributed by atoms with van der Waals surface area (Å²) >= 11 is 0. The van der Waals surface area contributed by atoms with Crippen molar-refractivity contribution in [1.82, 2.24) is 0 Å². The number of benzene rings is 1. The number of rotatable bonds is 4. The first-order valence-corrected chi connectivity index (χ1v) is 6.63. The van der Waals surface area contributed by atoms with Gasteiger partial charge in [-0.05, 0) is 51.0 Å². The molecule has 1 aromatic rings. The van der Waals surface area contributed by atoms with Crippen LogP contribution in [0.1, 0.15) is 32.3 Å². The highest BCUT2D eigenvalue weighted by Gasteiger charge is 2.22. The molecule has 1 saturated heterocycles. The maximum atomic E-state index is 11.7. The predicted molar refractivity (Wildman–Crippen MR) is 74.6 cm³/mol. The Hall–Kier alpha value is -1.55. The molecule has 1 N–H and O–H groups in total. The van der Waals surface area contributed by atoms with Crippen LogP contribution in [0.2, 0.25) is 0 Å². The van der Waals surface area contributed by atoms with Crippen LogP contribution in [-0.2, 0) is 4.79 Å². The van der Waals surface area contributed by atoms with Crippen LogP contribution in [0.3, 0.4) is 0 Å². The summed E-state index contributed by atoms with van der Waals surface area (Å²) in [5, 5.41) is 9.65. The third kappa shape index (κ3) is 3.47. The minimum absolute atomic E-state index is 0.185. The van der Waals surface area contributed by atoms with Crippen molar-refractivity contribution >= 4 is 11.6 Å². The zero-order chi connectivity index (χ0) is 14.0. The van der Waals surface area contributed by atoms with Gasteiger partial charge in [0.05, 0.1) is 5.60 Å². The Balaban J connectivity index is 2.11. The summed E-state index contributed by atoms with van der Waals surface area (Å²) in [4.78, 5) is 13.5. The fourth-order valence-electron chi connectivity index (χ4n) is 2.14. The molecule has 1 aromatic carbocycles. The topological polar surface area (TPSA) is 49.8 Å². The summed E-state index contributed by atoms with van der Waals surface area (Å²) in [5.74, 6) is 0.932. The van der Waals surface area contributed by atoms with Crippen LogP contribution in [0.15, 0.2) is 18.2 Å². The van der Waals surface area contributed by atoms with Crippen molar-refractivity contribution in [3.8, 4) is 5.75 Å². The lowest BCUT2D eigenvalue weighted by molar-refractivity contribution is -0.117. The molecule has 1 fully saturated rings. The Morgan fingerprint density at radius 1 is 1.42 bits per heavy atom. The van der Waals surface area contributed by atoms with Gasteiger partial charge in [0.25, 0.3) is 0 Å². The summed E-state index contributed by atoms with van der Waals surface area (Å²) in [5.41, 5.74) is 1.05. The van der Waals surface area contributed by atoms with Crippen LogP contribution in [0, 0.1) is 6.92 Å². The molecule has 104 valence electrons. The van der Waals surface area contributed by atoms with Gasteiger partial charge in [0, 0.05) is 18.7 Å². The number of ether oxygens (including phenoxy) is 1. The normalized spacial score (nSPS) is 16.0. The molecular formula is C15H21NO3. The predicted octanol–water partition coefficient (Wildman–Crippen LogP) is 2.27. The number of carbonyl (C=O) groups is 1. The average Bonchev–Trinajstić information content (AvgIpc) is 2.72. The Labute approximate surface area is 114 Å². The first-order valence-electron chi connectivity index (χ1n) is 6.63. The van der Waals surface area contributed by atoms with Gasteiger partial charge in [-0.1, -0.05) is 0 Å². The second-order valence-electron chi connectivity index (χ2n) is 5.70. The van der Waals surface area contributed by atoms with Crippen molar-refractivity contribution in [2.24, 2.45) is 0 Å². The van der Waals surface area contributed by atoms with E-state index in [9.17, 15) is 9.90 Å². The monoisotopic (exact) mass is 263 g/mol. The number of aliphatic hydroxyl groups is 1. The zero-order valence-corrected chi connectivity index (χ0v) is 11.8. The molecule has 0 spiro atoms. The summed E-state index contributed by atoms with van der Waals surface area (Å²) in [6.45, 7) is 6.40. The van der Waals surface area contributed by atoms with Gasteiger partial charge in [0.2, 0.25) is 5.91 Å². The standard InChI is InChI=1S/C15H21NO3/c1-11-9-12(16-8-4-5-14(16)17)6-7-13(11)19-10-15(2,3)18/h6-7,9,18H,4-5,8,10H2,1-3H3. The van der Waals surface area contributed by atoms with E-state index in [1.807, 2.05) is 30.0 Å². The van der Waals surface area contributed by atoms with Crippen molar-refractivity contribution in [3.05, 3.63) is 23.8 Å². The lowest BCUT2D eigenvalue weighted by Crippen LogP contribution is -2.28. The van der Waals surface area contributed by atoms with E-state index in [1.54, 1.807) is 13.8 Å². The molecule has 2 rings (SSSR count). The lowest BCUT2D eigenvalue weighted by atomic mass is 10.1. The van der Waals surface area contributed by atoms with Crippen LogP contribution >= 0.6 is 0 Å². The molecule has 19 heavy (non-hydrogen) atoms. The second kappa shape index (κ2) is 5.21. The molecule has 0 radical (unpaired) electrons. The number of hydrogen-bond donors (Lipinski definition) is 1. The van der Waals surface area contributed by atoms with Crippen molar-refractivity contribution in [2.45, 2.75) is 39.2 Å². The molecule has 0 bridgehead atoms. The number of hydrogen-bond acceptors (Lipinski definition) is 3. The summed E-state index contributed by atoms with van der Waals surface area (Å²) < 4.78 is 5.59. The van der Waals surface area contributed by atoms with Gasteiger partial charge in [-0.2, -0.15) is 0 Å². The van der Waals surface area contributed by atoms with E-state index in [1.165, 1.54) is 0 Å². The summed E-state index contributed by atoms with van der Waals surface area (Å²) in [7, 11) is 0. The fourth-order valence-corrected chi connectivity index (χ4v) is 2.14.